The van der Waals surface area contributed by atoms with Crippen LogP contribution >= 0.6 is 0 Å². The first-order valence-corrected chi connectivity index (χ1v) is 8.37. The molecule has 0 saturated carbocycles. The zero-order valence-corrected chi connectivity index (χ0v) is 14.1. The van der Waals surface area contributed by atoms with E-state index in [9.17, 15) is 4.79 Å². The Bertz CT molecular complexity index is 576. The second-order valence-electron chi connectivity index (χ2n) is 7.39. The van der Waals surface area contributed by atoms with E-state index in [1.165, 1.54) is 11.1 Å². The van der Waals surface area contributed by atoms with Gasteiger partial charge in [-0.1, -0.05) is 6.07 Å². The maximum absolute atomic E-state index is 11.9. The molecule has 0 radical (unpaired) electrons. The van der Waals surface area contributed by atoms with Crippen LogP contribution in [-0.4, -0.2) is 30.9 Å². The molecule has 1 saturated heterocycles. The summed E-state index contributed by atoms with van der Waals surface area (Å²) < 4.78 is 10.5. The smallest absolute Gasteiger partial charge is 0.412 e. The van der Waals surface area contributed by atoms with Crippen LogP contribution in [0.5, 0.6) is 0 Å². The monoisotopic (exact) mass is 318 g/mol. The minimum Gasteiger partial charge on any atom is -0.444 e. The third-order valence-corrected chi connectivity index (χ3v) is 4.18. The fourth-order valence-electron chi connectivity index (χ4n) is 3.10. The summed E-state index contributed by atoms with van der Waals surface area (Å²) in [6.07, 6.45) is 2.96. The molecule has 23 heavy (non-hydrogen) atoms. The van der Waals surface area contributed by atoms with Crippen LogP contribution in [0.4, 0.5) is 10.5 Å². The lowest BCUT2D eigenvalue weighted by Crippen LogP contribution is -2.47. The van der Waals surface area contributed by atoms with Gasteiger partial charge >= 0.3 is 6.09 Å². The average Bonchev–Trinajstić information content (AvgIpc) is 2.40. The Morgan fingerprint density at radius 2 is 2.09 bits per heavy atom. The van der Waals surface area contributed by atoms with E-state index in [0.29, 0.717) is 12.1 Å². The number of nitrogens with one attached hydrogen (secondary N) is 2. The summed E-state index contributed by atoms with van der Waals surface area (Å²) in [5.41, 5.74) is 2.96. The Hall–Kier alpha value is -1.59. The topological polar surface area (TPSA) is 59.6 Å². The molecule has 1 heterocycles. The van der Waals surface area contributed by atoms with Gasteiger partial charge in [0.15, 0.2) is 0 Å². The summed E-state index contributed by atoms with van der Waals surface area (Å²) >= 11 is 0. The van der Waals surface area contributed by atoms with Gasteiger partial charge in [-0.3, -0.25) is 5.32 Å². The first-order chi connectivity index (χ1) is 10.9. The number of aryl methyl sites for hydroxylation is 1. The number of fused-ring (bicyclic) bond motifs is 1. The maximum Gasteiger partial charge on any atom is 0.412 e. The number of carbonyl (C=O) groups is 1. The van der Waals surface area contributed by atoms with Crippen molar-refractivity contribution in [3.05, 3.63) is 29.3 Å². The number of anilines is 1. The number of rotatable bonds is 3. The summed E-state index contributed by atoms with van der Waals surface area (Å²) in [6.45, 7) is 7.20. The summed E-state index contributed by atoms with van der Waals surface area (Å²) in [6, 6.07) is 7.02. The van der Waals surface area contributed by atoms with Gasteiger partial charge in [-0.2, -0.15) is 0 Å². The molecule has 0 bridgehead atoms. The van der Waals surface area contributed by atoms with Gasteiger partial charge in [0.25, 0.3) is 0 Å². The van der Waals surface area contributed by atoms with E-state index in [1.54, 1.807) is 0 Å². The lowest BCUT2D eigenvalue weighted by Gasteiger charge is -2.34. The number of hydrogen-bond acceptors (Lipinski definition) is 4. The second-order valence-corrected chi connectivity index (χ2v) is 7.39. The van der Waals surface area contributed by atoms with Crippen LogP contribution in [0.3, 0.4) is 0 Å². The zero-order valence-electron chi connectivity index (χ0n) is 14.1. The predicted molar refractivity (Wildman–Crippen MR) is 89.7 cm³/mol. The van der Waals surface area contributed by atoms with Gasteiger partial charge < -0.3 is 14.8 Å². The largest absolute Gasteiger partial charge is 0.444 e. The normalized spacial score (nSPS) is 21.3. The molecule has 1 unspecified atom stereocenters. The van der Waals surface area contributed by atoms with Crippen LogP contribution in [0, 0.1) is 0 Å². The summed E-state index contributed by atoms with van der Waals surface area (Å²) in [7, 11) is 0. The summed E-state index contributed by atoms with van der Waals surface area (Å²) in [5, 5.41) is 6.49. The first-order valence-electron chi connectivity index (χ1n) is 8.37. The third-order valence-electron chi connectivity index (χ3n) is 4.18. The van der Waals surface area contributed by atoms with Gasteiger partial charge in [0.2, 0.25) is 0 Å². The number of ether oxygens (including phenoxy) is 2. The van der Waals surface area contributed by atoms with Crippen molar-refractivity contribution >= 4 is 11.8 Å². The SMILES string of the molecule is CC(C)(C)OC(=O)Nc1ccc2c(c1)CCCC2NC1COC1. The Morgan fingerprint density at radius 1 is 1.30 bits per heavy atom. The molecule has 1 atom stereocenters. The highest BCUT2D eigenvalue weighted by Gasteiger charge is 2.26. The molecule has 1 amide bonds. The molecule has 1 aromatic rings. The van der Waals surface area contributed by atoms with Gasteiger partial charge in [0, 0.05) is 11.7 Å². The van der Waals surface area contributed by atoms with E-state index < -0.39 is 11.7 Å². The van der Waals surface area contributed by atoms with Crippen molar-refractivity contribution in [3.63, 3.8) is 0 Å². The first kappa shape index (κ1) is 16.3. The molecule has 126 valence electrons. The number of carbonyl (C=O) groups excluding carboxylic acids is 1. The highest BCUT2D eigenvalue weighted by molar-refractivity contribution is 5.85. The fourth-order valence-corrected chi connectivity index (χ4v) is 3.10. The van der Waals surface area contributed by atoms with E-state index in [2.05, 4.69) is 22.8 Å². The van der Waals surface area contributed by atoms with Crippen molar-refractivity contribution < 1.29 is 14.3 Å². The molecule has 5 nitrogen and oxygen atoms in total. The van der Waals surface area contributed by atoms with Crippen molar-refractivity contribution in [1.82, 2.24) is 5.32 Å². The molecular weight excluding hydrogens is 292 g/mol. The Balaban J connectivity index is 1.67. The minimum absolute atomic E-state index is 0.392. The standard InChI is InChI=1S/C18H26N2O3/c1-18(2,3)23-17(21)20-13-7-8-15-12(9-13)5-4-6-16(15)19-14-10-22-11-14/h7-9,14,16,19H,4-6,10-11H2,1-3H3,(H,20,21). The van der Waals surface area contributed by atoms with Crippen LogP contribution in [0.1, 0.15) is 50.8 Å². The maximum atomic E-state index is 11.9. The molecule has 2 N–H and O–H groups in total. The Morgan fingerprint density at radius 3 is 2.74 bits per heavy atom. The van der Waals surface area contributed by atoms with E-state index in [1.807, 2.05) is 26.8 Å². The van der Waals surface area contributed by atoms with Crippen molar-refractivity contribution in [1.29, 1.82) is 0 Å². The molecular formula is C18H26N2O3. The van der Waals surface area contributed by atoms with Gasteiger partial charge in [0.05, 0.1) is 19.3 Å². The summed E-state index contributed by atoms with van der Waals surface area (Å²) in [5.74, 6) is 0. The van der Waals surface area contributed by atoms with Gasteiger partial charge in [-0.05, 0) is 63.3 Å². The molecule has 1 aliphatic heterocycles. The van der Waals surface area contributed by atoms with Crippen LogP contribution in [0.25, 0.3) is 0 Å². The van der Waals surface area contributed by atoms with E-state index in [0.717, 1.165) is 38.2 Å². The highest BCUT2D eigenvalue weighted by Crippen LogP contribution is 2.32. The van der Waals surface area contributed by atoms with Crippen LogP contribution < -0.4 is 10.6 Å². The lowest BCUT2D eigenvalue weighted by molar-refractivity contribution is -0.0110. The third kappa shape index (κ3) is 4.24. The van der Waals surface area contributed by atoms with Gasteiger partial charge in [0.1, 0.15) is 5.60 Å². The number of hydrogen-bond donors (Lipinski definition) is 2. The zero-order chi connectivity index (χ0) is 16.4. The molecule has 0 spiro atoms. The molecule has 3 rings (SSSR count). The van der Waals surface area contributed by atoms with Crippen LogP contribution in [0.2, 0.25) is 0 Å². The van der Waals surface area contributed by atoms with Crippen molar-refractivity contribution in [2.24, 2.45) is 0 Å². The average molecular weight is 318 g/mol. The van der Waals surface area contributed by atoms with E-state index in [-0.39, 0.29) is 0 Å². The van der Waals surface area contributed by atoms with Crippen molar-refractivity contribution in [2.45, 2.75) is 57.7 Å². The lowest BCUT2D eigenvalue weighted by atomic mass is 9.87. The number of amides is 1. The molecule has 2 aliphatic rings. The molecule has 1 aromatic carbocycles. The van der Waals surface area contributed by atoms with Gasteiger partial charge in [-0.15, -0.1) is 0 Å². The second kappa shape index (κ2) is 6.49. The molecule has 5 heteroatoms. The van der Waals surface area contributed by atoms with Crippen molar-refractivity contribution in [3.8, 4) is 0 Å². The highest BCUT2D eigenvalue weighted by atomic mass is 16.6. The summed E-state index contributed by atoms with van der Waals surface area (Å²) in [4.78, 5) is 11.9. The Labute approximate surface area is 137 Å². The predicted octanol–water partition coefficient (Wildman–Crippen LogP) is 3.40. The minimum atomic E-state index is -0.488. The van der Waals surface area contributed by atoms with Gasteiger partial charge in [-0.25, -0.2) is 4.79 Å². The molecule has 1 aliphatic carbocycles. The Kier molecular flexibility index (Phi) is 4.60. The quantitative estimate of drug-likeness (QED) is 0.897. The molecule has 1 fully saturated rings. The molecule has 0 aromatic heterocycles. The van der Waals surface area contributed by atoms with Crippen molar-refractivity contribution in [2.75, 3.05) is 18.5 Å². The fraction of sp³-hybridized carbons (Fsp3) is 0.611. The number of benzene rings is 1. The van der Waals surface area contributed by atoms with E-state index in [4.69, 9.17) is 9.47 Å². The van der Waals surface area contributed by atoms with E-state index >= 15 is 0 Å². The van der Waals surface area contributed by atoms with Crippen LogP contribution in [-0.2, 0) is 15.9 Å². The van der Waals surface area contributed by atoms with Crippen LogP contribution in [0.15, 0.2) is 18.2 Å².